The summed E-state index contributed by atoms with van der Waals surface area (Å²) in [6, 6.07) is 8.08. The molecule has 5 nitrogen and oxygen atoms in total. The predicted octanol–water partition coefficient (Wildman–Crippen LogP) is 3.62. The molecule has 1 N–H and O–H groups in total. The van der Waals surface area contributed by atoms with Gasteiger partial charge < -0.3 is 14.8 Å². The van der Waals surface area contributed by atoms with Crippen molar-refractivity contribution < 1.29 is 22.6 Å². The maximum atomic E-state index is 12.7. The minimum Gasteiger partial charge on any atom is -0.489 e. The number of aromatic nitrogens is 1. The summed E-state index contributed by atoms with van der Waals surface area (Å²) >= 11 is 0. The Bertz CT molecular complexity index is 790. The molecule has 1 atom stereocenters. The van der Waals surface area contributed by atoms with Crippen LogP contribution >= 0.6 is 0 Å². The fourth-order valence-electron chi connectivity index (χ4n) is 3.55. The number of hydrogen-bond acceptors (Lipinski definition) is 5. The minimum absolute atomic E-state index is 0.101. The summed E-state index contributed by atoms with van der Waals surface area (Å²) in [5.74, 6) is 1.22. The second-order valence-corrected chi connectivity index (χ2v) is 6.60. The lowest BCUT2D eigenvalue weighted by Gasteiger charge is -2.38. The molecule has 27 heavy (non-hydrogen) atoms. The van der Waals surface area contributed by atoms with Gasteiger partial charge in [0.1, 0.15) is 0 Å². The van der Waals surface area contributed by atoms with Gasteiger partial charge in [0.15, 0.2) is 11.5 Å². The van der Waals surface area contributed by atoms with Crippen LogP contribution in [-0.4, -0.2) is 42.7 Å². The molecule has 3 heterocycles. The molecule has 144 valence electrons. The number of benzene rings is 1. The molecule has 1 saturated heterocycles. The number of hydrogen-bond donors (Lipinski definition) is 1. The molecule has 0 aliphatic carbocycles. The van der Waals surface area contributed by atoms with Crippen molar-refractivity contribution >= 4 is 0 Å². The van der Waals surface area contributed by atoms with E-state index in [4.69, 9.17) is 9.47 Å². The number of halogens is 3. The molecule has 1 aromatic carbocycles. The lowest BCUT2D eigenvalue weighted by atomic mass is 9.98. The topological polar surface area (TPSA) is 46.6 Å². The molecule has 4 rings (SSSR count). The number of pyridine rings is 1. The smallest absolute Gasteiger partial charge is 0.417 e. The Balaban J connectivity index is 1.58. The van der Waals surface area contributed by atoms with Crippen LogP contribution in [0.1, 0.15) is 23.6 Å². The van der Waals surface area contributed by atoms with Crippen LogP contribution in [0.5, 0.6) is 17.4 Å². The van der Waals surface area contributed by atoms with Crippen LogP contribution in [0.15, 0.2) is 36.5 Å². The first kappa shape index (κ1) is 18.1. The van der Waals surface area contributed by atoms with E-state index in [1.165, 1.54) is 6.07 Å². The van der Waals surface area contributed by atoms with Crippen LogP contribution < -0.4 is 14.8 Å². The number of nitrogens with one attached hydrogen (secondary N) is 1. The van der Waals surface area contributed by atoms with Crippen molar-refractivity contribution in [2.75, 3.05) is 32.8 Å². The Morgan fingerprint density at radius 3 is 2.67 bits per heavy atom. The van der Waals surface area contributed by atoms with E-state index in [1.54, 1.807) is 6.07 Å². The Labute approximate surface area is 155 Å². The molecule has 8 heteroatoms. The Morgan fingerprint density at radius 2 is 1.96 bits per heavy atom. The van der Waals surface area contributed by atoms with Crippen molar-refractivity contribution in [2.24, 2.45) is 0 Å². The number of nitrogens with zero attached hydrogens (tertiary/aromatic N) is 2. The van der Waals surface area contributed by atoms with Crippen LogP contribution in [-0.2, 0) is 6.18 Å². The Morgan fingerprint density at radius 1 is 1.15 bits per heavy atom. The Kier molecular flexibility index (Phi) is 4.92. The van der Waals surface area contributed by atoms with Gasteiger partial charge in [-0.15, -0.1) is 0 Å². The zero-order chi connectivity index (χ0) is 18.9. The maximum absolute atomic E-state index is 12.7. The summed E-state index contributed by atoms with van der Waals surface area (Å²) in [6.07, 6.45) is -2.75. The standard InChI is InChI=1S/C19H20F3N3O2/c20-19(21,22)13-4-5-17(24-12-13)27-16-3-1-2-14-15(6-11-26-18(14)16)25-9-7-23-8-10-25/h1-5,12,15,23H,6-11H2. The number of piperazine rings is 1. The highest BCUT2D eigenvalue weighted by molar-refractivity contribution is 5.50. The fraction of sp³-hybridized carbons (Fsp3) is 0.421. The summed E-state index contributed by atoms with van der Waals surface area (Å²) in [5.41, 5.74) is 0.243. The zero-order valence-corrected chi connectivity index (χ0v) is 14.6. The molecule has 0 spiro atoms. The average molecular weight is 379 g/mol. The molecule has 2 aliphatic heterocycles. The molecule has 1 unspecified atom stereocenters. The van der Waals surface area contributed by atoms with Crippen LogP contribution in [0.2, 0.25) is 0 Å². The van der Waals surface area contributed by atoms with E-state index in [-0.39, 0.29) is 11.9 Å². The van der Waals surface area contributed by atoms with Gasteiger partial charge in [0.2, 0.25) is 5.88 Å². The third-order valence-corrected chi connectivity index (χ3v) is 4.88. The van der Waals surface area contributed by atoms with Crippen molar-refractivity contribution in [1.29, 1.82) is 0 Å². The van der Waals surface area contributed by atoms with E-state index in [0.717, 1.165) is 50.4 Å². The molecule has 0 bridgehead atoms. The number of para-hydroxylation sites is 1. The van der Waals surface area contributed by atoms with Gasteiger partial charge in [-0.2, -0.15) is 13.2 Å². The maximum Gasteiger partial charge on any atom is 0.417 e. The second-order valence-electron chi connectivity index (χ2n) is 6.60. The lowest BCUT2D eigenvalue weighted by molar-refractivity contribution is -0.137. The fourth-order valence-corrected chi connectivity index (χ4v) is 3.55. The molecular formula is C19H20F3N3O2. The summed E-state index contributed by atoms with van der Waals surface area (Å²) in [4.78, 5) is 6.21. The van der Waals surface area contributed by atoms with E-state index >= 15 is 0 Å². The number of rotatable bonds is 3. The second kappa shape index (κ2) is 7.36. The van der Waals surface area contributed by atoms with Gasteiger partial charge in [-0.25, -0.2) is 4.98 Å². The van der Waals surface area contributed by atoms with Gasteiger partial charge in [0.05, 0.1) is 12.2 Å². The van der Waals surface area contributed by atoms with Crippen molar-refractivity contribution in [3.8, 4) is 17.4 Å². The van der Waals surface area contributed by atoms with E-state index in [2.05, 4.69) is 15.2 Å². The predicted molar refractivity (Wildman–Crippen MR) is 93.1 cm³/mol. The highest BCUT2D eigenvalue weighted by Gasteiger charge is 2.32. The lowest BCUT2D eigenvalue weighted by Crippen LogP contribution is -2.46. The molecule has 0 saturated carbocycles. The van der Waals surface area contributed by atoms with E-state index < -0.39 is 11.7 Å². The van der Waals surface area contributed by atoms with Crippen molar-refractivity contribution in [2.45, 2.75) is 18.6 Å². The van der Waals surface area contributed by atoms with Gasteiger partial charge in [-0.3, -0.25) is 4.90 Å². The van der Waals surface area contributed by atoms with Gasteiger partial charge >= 0.3 is 6.18 Å². The number of fused-ring (bicyclic) bond motifs is 1. The summed E-state index contributed by atoms with van der Waals surface area (Å²) in [5, 5.41) is 3.35. The van der Waals surface area contributed by atoms with Crippen LogP contribution in [0.3, 0.4) is 0 Å². The zero-order valence-electron chi connectivity index (χ0n) is 14.6. The monoisotopic (exact) mass is 379 g/mol. The first-order valence-corrected chi connectivity index (χ1v) is 8.94. The van der Waals surface area contributed by atoms with Crippen molar-refractivity contribution in [3.05, 3.63) is 47.7 Å². The van der Waals surface area contributed by atoms with Gasteiger partial charge in [0, 0.05) is 56.5 Å². The van der Waals surface area contributed by atoms with Crippen LogP contribution in [0.4, 0.5) is 13.2 Å². The first-order chi connectivity index (χ1) is 13.0. The van der Waals surface area contributed by atoms with Crippen molar-refractivity contribution in [3.63, 3.8) is 0 Å². The van der Waals surface area contributed by atoms with Crippen LogP contribution in [0.25, 0.3) is 0 Å². The number of ether oxygens (including phenoxy) is 2. The van der Waals surface area contributed by atoms with E-state index in [1.807, 2.05) is 12.1 Å². The largest absolute Gasteiger partial charge is 0.489 e. The molecule has 1 fully saturated rings. The highest BCUT2D eigenvalue weighted by Crippen LogP contribution is 2.43. The SMILES string of the molecule is FC(F)(F)c1ccc(Oc2cccc3c2OCCC3N2CCNCC2)nc1. The average Bonchev–Trinajstić information content (AvgIpc) is 2.68. The quantitative estimate of drug-likeness (QED) is 0.883. The normalized spacial score (nSPS) is 20.6. The Hall–Kier alpha value is -2.32. The van der Waals surface area contributed by atoms with E-state index in [9.17, 15) is 13.2 Å². The molecule has 1 aromatic heterocycles. The molecule has 0 radical (unpaired) electrons. The molecule has 0 amide bonds. The molecular weight excluding hydrogens is 359 g/mol. The van der Waals surface area contributed by atoms with Crippen LogP contribution in [0, 0.1) is 0 Å². The third-order valence-electron chi connectivity index (χ3n) is 4.88. The summed E-state index contributed by atoms with van der Waals surface area (Å²) in [6.45, 7) is 4.42. The minimum atomic E-state index is -4.42. The summed E-state index contributed by atoms with van der Waals surface area (Å²) in [7, 11) is 0. The van der Waals surface area contributed by atoms with Crippen molar-refractivity contribution in [1.82, 2.24) is 15.2 Å². The number of alkyl halides is 3. The first-order valence-electron chi connectivity index (χ1n) is 8.94. The summed E-state index contributed by atoms with van der Waals surface area (Å²) < 4.78 is 49.6. The highest BCUT2D eigenvalue weighted by atomic mass is 19.4. The molecule has 2 aliphatic rings. The molecule has 2 aromatic rings. The van der Waals surface area contributed by atoms with Gasteiger partial charge in [0.25, 0.3) is 0 Å². The van der Waals surface area contributed by atoms with Gasteiger partial charge in [-0.1, -0.05) is 12.1 Å². The van der Waals surface area contributed by atoms with E-state index in [0.29, 0.717) is 18.1 Å². The third kappa shape index (κ3) is 3.86. The van der Waals surface area contributed by atoms with Gasteiger partial charge in [-0.05, 0) is 12.1 Å².